The number of halogens is 1. The first kappa shape index (κ1) is 16.0. The quantitative estimate of drug-likeness (QED) is 0.905. The molecule has 116 valence electrons. The van der Waals surface area contributed by atoms with E-state index in [2.05, 4.69) is 24.1 Å². The highest BCUT2D eigenvalue weighted by atomic mass is 19.1. The normalized spacial score (nSPS) is 18.4. The zero-order chi connectivity index (χ0) is 15.2. The van der Waals surface area contributed by atoms with Crippen LogP contribution in [0.3, 0.4) is 0 Å². The maximum atomic E-state index is 12.8. The van der Waals surface area contributed by atoms with Crippen LogP contribution in [0.25, 0.3) is 0 Å². The number of nitrogens with zero attached hydrogens (tertiary/aromatic N) is 1. The van der Waals surface area contributed by atoms with Crippen molar-refractivity contribution in [2.24, 2.45) is 5.92 Å². The fraction of sp³-hybridized carbons (Fsp3) is 0.588. The van der Waals surface area contributed by atoms with Gasteiger partial charge in [0.25, 0.3) is 0 Å². The number of carbonyl (C=O) groups is 1. The lowest BCUT2D eigenvalue weighted by atomic mass is 9.98. The average molecular weight is 292 g/mol. The number of benzene rings is 1. The van der Waals surface area contributed by atoms with E-state index >= 15 is 0 Å². The van der Waals surface area contributed by atoms with Crippen LogP contribution in [-0.4, -0.2) is 36.5 Å². The molecular formula is C17H25FN2O. The van der Waals surface area contributed by atoms with E-state index in [4.69, 9.17) is 0 Å². The Balaban J connectivity index is 1.72. The lowest BCUT2D eigenvalue weighted by molar-refractivity contribution is -0.120. The van der Waals surface area contributed by atoms with E-state index in [0.29, 0.717) is 19.0 Å². The van der Waals surface area contributed by atoms with Gasteiger partial charge in [0.2, 0.25) is 5.91 Å². The van der Waals surface area contributed by atoms with Crippen LogP contribution >= 0.6 is 0 Å². The van der Waals surface area contributed by atoms with Gasteiger partial charge in [0, 0.05) is 12.6 Å². The van der Waals surface area contributed by atoms with Crippen molar-refractivity contribution in [2.45, 2.75) is 39.2 Å². The first-order valence-electron chi connectivity index (χ1n) is 7.80. The molecule has 1 aromatic carbocycles. The molecule has 1 unspecified atom stereocenters. The van der Waals surface area contributed by atoms with E-state index in [0.717, 1.165) is 24.6 Å². The van der Waals surface area contributed by atoms with Crippen LogP contribution in [0.1, 0.15) is 32.3 Å². The molecule has 0 aliphatic carbocycles. The molecular weight excluding hydrogens is 267 g/mol. The van der Waals surface area contributed by atoms with Gasteiger partial charge in [-0.3, -0.25) is 9.69 Å². The Morgan fingerprint density at radius 1 is 1.33 bits per heavy atom. The largest absolute Gasteiger partial charge is 0.354 e. The molecule has 0 radical (unpaired) electrons. The van der Waals surface area contributed by atoms with Crippen molar-refractivity contribution in [1.29, 1.82) is 0 Å². The molecule has 1 atom stereocenters. The van der Waals surface area contributed by atoms with E-state index in [1.807, 2.05) is 0 Å². The van der Waals surface area contributed by atoms with Gasteiger partial charge in [-0.25, -0.2) is 4.39 Å². The SMILES string of the molecule is CC1CCN(C(C)CNC(=O)Cc2ccc(F)cc2)CC1. The number of rotatable bonds is 5. The number of carbonyl (C=O) groups excluding carboxylic acids is 1. The molecule has 1 aromatic rings. The van der Waals surface area contributed by atoms with Gasteiger partial charge in [-0.05, 0) is 56.5 Å². The van der Waals surface area contributed by atoms with Crippen LogP contribution in [0.4, 0.5) is 4.39 Å². The maximum absolute atomic E-state index is 12.8. The van der Waals surface area contributed by atoms with Gasteiger partial charge in [-0.2, -0.15) is 0 Å². The highest BCUT2D eigenvalue weighted by molar-refractivity contribution is 5.78. The molecule has 1 aliphatic heterocycles. The smallest absolute Gasteiger partial charge is 0.224 e. The number of hydrogen-bond donors (Lipinski definition) is 1. The van der Waals surface area contributed by atoms with E-state index in [9.17, 15) is 9.18 Å². The summed E-state index contributed by atoms with van der Waals surface area (Å²) in [6, 6.07) is 6.46. The van der Waals surface area contributed by atoms with E-state index in [1.54, 1.807) is 12.1 Å². The van der Waals surface area contributed by atoms with Gasteiger partial charge in [0.15, 0.2) is 0 Å². The first-order chi connectivity index (χ1) is 10.0. The summed E-state index contributed by atoms with van der Waals surface area (Å²) in [4.78, 5) is 14.4. The zero-order valence-corrected chi connectivity index (χ0v) is 12.9. The molecule has 1 heterocycles. The summed E-state index contributed by atoms with van der Waals surface area (Å²) in [5, 5.41) is 2.98. The lowest BCUT2D eigenvalue weighted by Gasteiger charge is -2.35. The van der Waals surface area contributed by atoms with Crippen LogP contribution in [0, 0.1) is 11.7 Å². The van der Waals surface area contributed by atoms with Crippen molar-refractivity contribution >= 4 is 5.91 Å². The maximum Gasteiger partial charge on any atom is 0.224 e. The summed E-state index contributed by atoms with van der Waals surface area (Å²) in [6.45, 7) is 7.38. The van der Waals surface area contributed by atoms with E-state index < -0.39 is 0 Å². The molecule has 1 saturated heterocycles. The van der Waals surface area contributed by atoms with Gasteiger partial charge >= 0.3 is 0 Å². The Kier molecular flexibility index (Phi) is 5.74. The number of likely N-dealkylation sites (tertiary alicyclic amines) is 1. The standard InChI is InChI=1S/C17H25FN2O/c1-13-7-9-20(10-8-13)14(2)12-19-17(21)11-15-3-5-16(18)6-4-15/h3-6,13-14H,7-12H2,1-2H3,(H,19,21). The molecule has 0 aromatic heterocycles. The van der Waals surface area contributed by atoms with Crippen LogP contribution in [0.2, 0.25) is 0 Å². The molecule has 1 aliphatic rings. The molecule has 4 heteroatoms. The van der Waals surface area contributed by atoms with Crippen molar-refractivity contribution < 1.29 is 9.18 Å². The minimum Gasteiger partial charge on any atom is -0.354 e. The molecule has 1 amide bonds. The Morgan fingerprint density at radius 3 is 2.57 bits per heavy atom. The monoisotopic (exact) mass is 292 g/mol. The van der Waals surface area contributed by atoms with E-state index in [1.165, 1.54) is 25.0 Å². The fourth-order valence-corrected chi connectivity index (χ4v) is 2.71. The van der Waals surface area contributed by atoms with Gasteiger partial charge in [0.1, 0.15) is 5.82 Å². The zero-order valence-electron chi connectivity index (χ0n) is 12.9. The van der Waals surface area contributed by atoms with Crippen LogP contribution in [0.5, 0.6) is 0 Å². The average Bonchev–Trinajstić information content (AvgIpc) is 2.48. The Morgan fingerprint density at radius 2 is 1.95 bits per heavy atom. The Hall–Kier alpha value is -1.42. The lowest BCUT2D eigenvalue weighted by Crippen LogP contribution is -2.45. The van der Waals surface area contributed by atoms with Crippen molar-refractivity contribution in [2.75, 3.05) is 19.6 Å². The fourth-order valence-electron chi connectivity index (χ4n) is 2.71. The summed E-state index contributed by atoms with van der Waals surface area (Å²) in [6.07, 6.45) is 2.80. The molecule has 1 fully saturated rings. The predicted octanol–water partition coefficient (Wildman–Crippen LogP) is 2.60. The minimum atomic E-state index is -0.271. The molecule has 1 N–H and O–H groups in total. The summed E-state index contributed by atoms with van der Waals surface area (Å²) >= 11 is 0. The number of piperidine rings is 1. The second-order valence-electron chi connectivity index (χ2n) is 6.17. The van der Waals surface area contributed by atoms with E-state index in [-0.39, 0.29) is 11.7 Å². The molecule has 3 nitrogen and oxygen atoms in total. The molecule has 0 spiro atoms. The second kappa shape index (κ2) is 7.55. The summed E-state index contributed by atoms with van der Waals surface area (Å²) in [7, 11) is 0. The topological polar surface area (TPSA) is 32.3 Å². The Bertz CT molecular complexity index is 452. The molecule has 2 rings (SSSR count). The molecule has 0 saturated carbocycles. The summed E-state index contributed by atoms with van der Waals surface area (Å²) in [5.41, 5.74) is 0.841. The van der Waals surface area contributed by atoms with Crippen LogP contribution < -0.4 is 5.32 Å². The molecule has 21 heavy (non-hydrogen) atoms. The van der Waals surface area contributed by atoms with Gasteiger partial charge < -0.3 is 5.32 Å². The number of hydrogen-bond acceptors (Lipinski definition) is 2. The number of nitrogens with one attached hydrogen (secondary N) is 1. The highest BCUT2D eigenvalue weighted by Crippen LogP contribution is 2.17. The Labute approximate surface area is 126 Å². The minimum absolute atomic E-state index is 0.00108. The second-order valence-corrected chi connectivity index (χ2v) is 6.17. The first-order valence-corrected chi connectivity index (χ1v) is 7.80. The summed E-state index contributed by atoms with van der Waals surface area (Å²) in [5.74, 6) is 0.549. The third-order valence-corrected chi connectivity index (χ3v) is 4.31. The van der Waals surface area contributed by atoms with Crippen molar-refractivity contribution in [3.05, 3.63) is 35.6 Å². The number of amides is 1. The highest BCUT2D eigenvalue weighted by Gasteiger charge is 2.20. The van der Waals surface area contributed by atoms with Crippen LogP contribution in [-0.2, 0) is 11.2 Å². The van der Waals surface area contributed by atoms with Crippen molar-refractivity contribution in [3.63, 3.8) is 0 Å². The summed E-state index contributed by atoms with van der Waals surface area (Å²) < 4.78 is 12.8. The van der Waals surface area contributed by atoms with Gasteiger partial charge in [-0.1, -0.05) is 19.1 Å². The van der Waals surface area contributed by atoms with Crippen molar-refractivity contribution in [3.8, 4) is 0 Å². The predicted molar refractivity (Wildman–Crippen MR) is 82.5 cm³/mol. The third-order valence-electron chi connectivity index (χ3n) is 4.31. The molecule has 0 bridgehead atoms. The third kappa shape index (κ3) is 5.12. The van der Waals surface area contributed by atoms with Crippen LogP contribution in [0.15, 0.2) is 24.3 Å². The van der Waals surface area contributed by atoms with Gasteiger partial charge in [0.05, 0.1) is 6.42 Å². The van der Waals surface area contributed by atoms with Gasteiger partial charge in [-0.15, -0.1) is 0 Å². The van der Waals surface area contributed by atoms with Crippen molar-refractivity contribution in [1.82, 2.24) is 10.2 Å².